The van der Waals surface area contributed by atoms with E-state index in [0.29, 0.717) is 17.8 Å². The summed E-state index contributed by atoms with van der Waals surface area (Å²) >= 11 is 0. The van der Waals surface area contributed by atoms with E-state index in [1.54, 1.807) is 30.3 Å². The molecule has 0 bridgehead atoms. The SMILES string of the molecule is CCCNC(=O)c1cccc(S(=O)(=O)Nc2cccc(C)c2)c1. The third kappa shape index (κ3) is 4.56. The fourth-order valence-electron chi connectivity index (χ4n) is 2.07. The topological polar surface area (TPSA) is 75.3 Å². The third-order valence-corrected chi connectivity index (χ3v) is 4.59. The van der Waals surface area contributed by atoms with Crippen LogP contribution in [0.2, 0.25) is 0 Å². The number of rotatable bonds is 6. The lowest BCUT2D eigenvalue weighted by Crippen LogP contribution is -2.24. The molecule has 0 aliphatic carbocycles. The normalized spacial score (nSPS) is 11.0. The summed E-state index contributed by atoms with van der Waals surface area (Å²) in [5, 5.41) is 2.73. The summed E-state index contributed by atoms with van der Waals surface area (Å²) in [6, 6.07) is 13.1. The number of nitrogens with one attached hydrogen (secondary N) is 2. The van der Waals surface area contributed by atoms with Gasteiger partial charge in [-0.15, -0.1) is 0 Å². The molecular formula is C17H20N2O3S. The molecule has 0 spiro atoms. The standard InChI is InChI=1S/C17H20N2O3S/c1-3-10-18-17(20)14-7-5-9-16(12-14)23(21,22)19-15-8-4-6-13(2)11-15/h4-9,11-12,19H,3,10H2,1-2H3,(H,18,20). The quantitative estimate of drug-likeness (QED) is 0.854. The van der Waals surface area contributed by atoms with Crippen LogP contribution in [-0.2, 0) is 10.0 Å². The Bertz CT molecular complexity index is 801. The summed E-state index contributed by atoms with van der Waals surface area (Å²) in [6.45, 7) is 4.39. The largest absolute Gasteiger partial charge is 0.352 e. The van der Waals surface area contributed by atoms with Crippen LogP contribution in [0.15, 0.2) is 53.4 Å². The summed E-state index contributed by atoms with van der Waals surface area (Å²) in [5.74, 6) is -0.278. The van der Waals surface area contributed by atoms with Gasteiger partial charge in [-0.2, -0.15) is 0 Å². The second-order valence-electron chi connectivity index (χ2n) is 5.26. The maximum atomic E-state index is 12.5. The molecule has 122 valence electrons. The van der Waals surface area contributed by atoms with E-state index in [9.17, 15) is 13.2 Å². The number of carbonyl (C=O) groups excluding carboxylic acids is 1. The smallest absolute Gasteiger partial charge is 0.261 e. The van der Waals surface area contributed by atoms with Gasteiger partial charge < -0.3 is 5.32 Å². The zero-order valence-electron chi connectivity index (χ0n) is 13.2. The van der Waals surface area contributed by atoms with Crippen LogP contribution in [0.25, 0.3) is 0 Å². The van der Waals surface area contributed by atoms with Gasteiger partial charge in [0.1, 0.15) is 0 Å². The molecule has 2 aromatic rings. The van der Waals surface area contributed by atoms with Gasteiger partial charge in [-0.05, 0) is 49.2 Å². The molecule has 0 unspecified atom stereocenters. The van der Waals surface area contributed by atoms with Crippen LogP contribution < -0.4 is 10.0 Å². The Hall–Kier alpha value is -2.34. The number of amides is 1. The van der Waals surface area contributed by atoms with Crippen LogP contribution in [-0.4, -0.2) is 20.9 Å². The first-order valence-electron chi connectivity index (χ1n) is 7.40. The molecule has 0 aliphatic rings. The minimum absolute atomic E-state index is 0.0585. The molecule has 2 rings (SSSR count). The highest BCUT2D eigenvalue weighted by Gasteiger charge is 2.16. The molecule has 6 heteroatoms. The molecule has 0 saturated carbocycles. The summed E-state index contributed by atoms with van der Waals surface area (Å²) in [6.07, 6.45) is 0.818. The fraction of sp³-hybridized carbons (Fsp3) is 0.235. The van der Waals surface area contributed by atoms with Crippen molar-refractivity contribution in [1.82, 2.24) is 5.32 Å². The van der Waals surface area contributed by atoms with Gasteiger partial charge in [-0.25, -0.2) is 8.42 Å². The monoisotopic (exact) mass is 332 g/mol. The van der Waals surface area contributed by atoms with Gasteiger partial charge in [0.2, 0.25) is 0 Å². The zero-order valence-corrected chi connectivity index (χ0v) is 14.0. The predicted molar refractivity (Wildman–Crippen MR) is 91.1 cm³/mol. The molecule has 23 heavy (non-hydrogen) atoms. The van der Waals surface area contributed by atoms with Crippen molar-refractivity contribution in [1.29, 1.82) is 0 Å². The number of carbonyl (C=O) groups is 1. The van der Waals surface area contributed by atoms with E-state index >= 15 is 0 Å². The van der Waals surface area contributed by atoms with E-state index in [4.69, 9.17) is 0 Å². The van der Waals surface area contributed by atoms with E-state index in [2.05, 4.69) is 10.0 Å². The van der Waals surface area contributed by atoms with Gasteiger partial charge in [-0.1, -0.05) is 25.1 Å². The van der Waals surface area contributed by atoms with Gasteiger partial charge in [0.05, 0.1) is 4.90 Å². The maximum Gasteiger partial charge on any atom is 0.261 e. The lowest BCUT2D eigenvalue weighted by Gasteiger charge is -2.10. The first kappa shape index (κ1) is 17.0. The highest BCUT2D eigenvalue weighted by molar-refractivity contribution is 7.92. The lowest BCUT2D eigenvalue weighted by atomic mass is 10.2. The molecular weight excluding hydrogens is 312 g/mol. The van der Waals surface area contributed by atoms with E-state index in [0.717, 1.165) is 12.0 Å². The highest BCUT2D eigenvalue weighted by atomic mass is 32.2. The van der Waals surface area contributed by atoms with Gasteiger partial charge in [0.25, 0.3) is 15.9 Å². The Morgan fingerprint density at radius 3 is 2.52 bits per heavy atom. The minimum Gasteiger partial charge on any atom is -0.352 e. The number of hydrogen-bond donors (Lipinski definition) is 2. The van der Waals surface area contributed by atoms with E-state index in [-0.39, 0.29) is 10.8 Å². The molecule has 0 aromatic heterocycles. The van der Waals surface area contributed by atoms with E-state index in [1.807, 2.05) is 19.9 Å². The van der Waals surface area contributed by atoms with Crippen LogP contribution in [0.5, 0.6) is 0 Å². The lowest BCUT2D eigenvalue weighted by molar-refractivity contribution is 0.0953. The Morgan fingerprint density at radius 2 is 1.83 bits per heavy atom. The van der Waals surface area contributed by atoms with Gasteiger partial charge in [0, 0.05) is 17.8 Å². The predicted octanol–water partition coefficient (Wildman–Crippen LogP) is 2.94. The van der Waals surface area contributed by atoms with Crippen LogP contribution >= 0.6 is 0 Å². The van der Waals surface area contributed by atoms with Gasteiger partial charge in [0.15, 0.2) is 0 Å². The van der Waals surface area contributed by atoms with Crippen LogP contribution in [0.3, 0.4) is 0 Å². The molecule has 0 fully saturated rings. The first-order valence-corrected chi connectivity index (χ1v) is 8.88. The van der Waals surface area contributed by atoms with Crippen LogP contribution in [0.1, 0.15) is 29.3 Å². The van der Waals surface area contributed by atoms with Gasteiger partial charge in [-0.3, -0.25) is 9.52 Å². The maximum absolute atomic E-state index is 12.5. The third-order valence-electron chi connectivity index (χ3n) is 3.21. The molecule has 0 heterocycles. The minimum atomic E-state index is -3.74. The molecule has 0 atom stereocenters. The van der Waals surface area contributed by atoms with Crippen molar-refractivity contribution in [3.8, 4) is 0 Å². The van der Waals surface area contributed by atoms with Crippen molar-refractivity contribution in [3.63, 3.8) is 0 Å². The van der Waals surface area contributed by atoms with Crippen molar-refractivity contribution in [3.05, 3.63) is 59.7 Å². The van der Waals surface area contributed by atoms with Crippen molar-refractivity contribution < 1.29 is 13.2 Å². The van der Waals surface area contributed by atoms with Crippen molar-refractivity contribution in [2.45, 2.75) is 25.2 Å². The molecule has 0 radical (unpaired) electrons. The number of aryl methyl sites for hydroxylation is 1. The average molecular weight is 332 g/mol. The fourth-order valence-corrected chi connectivity index (χ4v) is 3.16. The Balaban J connectivity index is 2.24. The number of sulfonamides is 1. The molecule has 0 saturated heterocycles. The first-order chi connectivity index (χ1) is 10.9. The van der Waals surface area contributed by atoms with Crippen molar-refractivity contribution in [2.24, 2.45) is 0 Å². The average Bonchev–Trinajstić information content (AvgIpc) is 2.52. The number of hydrogen-bond acceptors (Lipinski definition) is 3. The summed E-state index contributed by atoms with van der Waals surface area (Å²) in [4.78, 5) is 12.0. The summed E-state index contributed by atoms with van der Waals surface area (Å²) < 4.78 is 27.4. The van der Waals surface area contributed by atoms with Gasteiger partial charge >= 0.3 is 0 Å². The van der Waals surface area contributed by atoms with E-state index < -0.39 is 10.0 Å². The Morgan fingerprint density at radius 1 is 1.09 bits per heavy atom. The Labute approximate surface area is 136 Å². The van der Waals surface area contributed by atoms with Crippen LogP contribution in [0, 0.1) is 6.92 Å². The number of benzene rings is 2. The number of anilines is 1. The van der Waals surface area contributed by atoms with E-state index in [1.165, 1.54) is 12.1 Å². The molecule has 1 amide bonds. The Kier molecular flexibility index (Phi) is 5.39. The molecule has 0 aliphatic heterocycles. The molecule has 2 aromatic carbocycles. The molecule has 2 N–H and O–H groups in total. The highest BCUT2D eigenvalue weighted by Crippen LogP contribution is 2.18. The van der Waals surface area contributed by atoms with Crippen LogP contribution in [0.4, 0.5) is 5.69 Å². The second kappa shape index (κ2) is 7.28. The van der Waals surface area contributed by atoms with Crippen molar-refractivity contribution in [2.75, 3.05) is 11.3 Å². The summed E-state index contributed by atoms with van der Waals surface area (Å²) in [7, 11) is -3.74. The molecule has 5 nitrogen and oxygen atoms in total. The summed E-state index contributed by atoms with van der Waals surface area (Å²) in [5.41, 5.74) is 1.77. The van der Waals surface area contributed by atoms with Crippen molar-refractivity contribution >= 4 is 21.6 Å². The zero-order chi connectivity index (χ0) is 16.9. The second-order valence-corrected chi connectivity index (χ2v) is 6.94.